The number of nitrogens with zero attached hydrogens (tertiary/aromatic N) is 2. The van der Waals surface area contributed by atoms with E-state index in [-0.39, 0.29) is 4.90 Å². The molecule has 0 spiro atoms. The summed E-state index contributed by atoms with van der Waals surface area (Å²) in [5.74, 6) is 0. The Balaban J connectivity index is 2.12. The second-order valence-corrected chi connectivity index (χ2v) is 8.57. The van der Waals surface area contributed by atoms with Gasteiger partial charge in [-0.05, 0) is 48.5 Å². The van der Waals surface area contributed by atoms with E-state index in [2.05, 4.69) is 24.4 Å². The molecule has 0 aliphatic heterocycles. The lowest BCUT2D eigenvalue weighted by molar-refractivity contribution is 0.507. The number of benzene rings is 2. The summed E-state index contributed by atoms with van der Waals surface area (Å²) in [4.78, 5) is 2.15. The smallest absolute Gasteiger partial charge is 0.242 e. The molecule has 5 nitrogen and oxygen atoms in total. The fourth-order valence-corrected chi connectivity index (χ4v) is 3.41. The van der Waals surface area contributed by atoms with Crippen LogP contribution in [0, 0.1) is 6.92 Å². The van der Waals surface area contributed by atoms with Crippen molar-refractivity contribution < 1.29 is 8.42 Å². The van der Waals surface area contributed by atoms with Gasteiger partial charge in [0.25, 0.3) is 0 Å². The highest BCUT2D eigenvalue weighted by atomic mass is 32.2. The molecule has 0 unspecified atom stereocenters. The average Bonchev–Trinajstić information content (AvgIpc) is 2.57. The molecular weight excluding hydrogens is 354 g/mol. The van der Waals surface area contributed by atoms with Gasteiger partial charge in [0, 0.05) is 33.4 Å². The number of aryl methyl sites for hydroxylation is 1. The molecular formula is C18H23N3O2S2. The third-order valence-electron chi connectivity index (χ3n) is 3.88. The number of sulfonamides is 1. The second kappa shape index (κ2) is 7.95. The minimum atomic E-state index is -3.47. The first-order valence-electron chi connectivity index (χ1n) is 7.81. The molecule has 0 atom stereocenters. The molecule has 0 aromatic heterocycles. The molecule has 2 rings (SSSR count). The van der Waals surface area contributed by atoms with Crippen LogP contribution in [0.15, 0.2) is 53.4 Å². The van der Waals surface area contributed by atoms with E-state index >= 15 is 0 Å². The molecule has 0 saturated carbocycles. The molecule has 25 heavy (non-hydrogen) atoms. The van der Waals surface area contributed by atoms with E-state index in [1.165, 1.54) is 29.5 Å². The minimum absolute atomic E-state index is 0.229. The van der Waals surface area contributed by atoms with E-state index in [1.54, 1.807) is 24.3 Å². The van der Waals surface area contributed by atoms with Gasteiger partial charge in [0.2, 0.25) is 10.0 Å². The number of hydrogen-bond donors (Lipinski definition) is 1. The van der Waals surface area contributed by atoms with Crippen molar-refractivity contribution in [3.8, 4) is 0 Å². The van der Waals surface area contributed by atoms with E-state index < -0.39 is 10.0 Å². The minimum Gasteiger partial charge on any atom is -0.348 e. The highest BCUT2D eigenvalue weighted by Gasteiger charge is 2.17. The fraction of sp³-hybridized carbons (Fsp3) is 0.278. The molecule has 7 heteroatoms. The molecule has 0 aliphatic carbocycles. The predicted octanol–water partition coefficient (Wildman–Crippen LogP) is 3.07. The van der Waals surface area contributed by atoms with Crippen molar-refractivity contribution in [2.24, 2.45) is 0 Å². The Kier molecular flexibility index (Phi) is 6.16. The van der Waals surface area contributed by atoms with Crippen LogP contribution >= 0.6 is 12.2 Å². The predicted molar refractivity (Wildman–Crippen MR) is 106 cm³/mol. The molecule has 2 aromatic carbocycles. The summed E-state index contributed by atoms with van der Waals surface area (Å²) in [5.41, 5.74) is 3.04. The van der Waals surface area contributed by atoms with E-state index in [1.807, 2.05) is 24.1 Å². The molecule has 0 heterocycles. The van der Waals surface area contributed by atoms with Crippen molar-refractivity contribution in [2.75, 3.05) is 26.5 Å². The number of nitrogens with one attached hydrogen (secondary N) is 1. The van der Waals surface area contributed by atoms with Gasteiger partial charge in [-0.15, -0.1) is 0 Å². The molecule has 0 radical (unpaired) electrons. The van der Waals surface area contributed by atoms with Crippen LogP contribution in [-0.4, -0.2) is 43.9 Å². The Labute approximate surface area is 155 Å². The van der Waals surface area contributed by atoms with Crippen LogP contribution in [0.5, 0.6) is 0 Å². The molecule has 0 fully saturated rings. The summed E-state index contributed by atoms with van der Waals surface area (Å²) in [7, 11) is 1.45. The first kappa shape index (κ1) is 19.4. The third kappa shape index (κ3) is 4.78. The number of hydrogen-bond acceptors (Lipinski definition) is 3. The van der Waals surface area contributed by atoms with E-state index in [0.29, 0.717) is 17.3 Å². The normalized spacial score (nSPS) is 11.4. The summed E-state index contributed by atoms with van der Waals surface area (Å²) < 4.78 is 25.7. The number of thiocarbonyl (C=S) groups is 1. The van der Waals surface area contributed by atoms with E-state index in [0.717, 1.165) is 0 Å². The summed E-state index contributed by atoms with van der Waals surface area (Å²) in [6, 6.07) is 14.8. The monoisotopic (exact) mass is 377 g/mol. The largest absolute Gasteiger partial charge is 0.348 e. The lowest BCUT2D eigenvalue weighted by Crippen LogP contribution is -2.31. The van der Waals surface area contributed by atoms with Gasteiger partial charge < -0.3 is 10.2 Å². The van der Waals surface area contributed by atoms with Crippen molar-refractivity contribution in [1.29, 1.82) is 0 Å². The van der Waals surface area contributed by atoms with Gasteiger partial charge in [-0.3, -0.25) is 0 Å². The highest BCUT2D eigenvalue weighted by molar-refractivity contribution is 7.89. The van der Waals surface area contributed by atoms with Gasteiger partial charge in [0.15, 0.2) is 5.11 Å². The van der Waals surface area contributed by atoms with Crippen LogP contribution in [0.2, 0.25) is 0 Å². The zero-order valence-electron chi connectivity index (χ0n) is 14.9. The molecule has 0 aliphatic rings. The van der Waals surface area contributed by atoms with E-state index in [9.17, 15) is 8.42 Å². The highest BCUT2D eigenvalue weighted by Crippen LogP contribution is 2.18. The first-order chi connectivity index (χ1) is 11.7. The molecule has 0 bridgehead atoms. The molecule has 0 amide bonds. The van der Waals surface area contributed by atoms with Gasteiger partial charge in [-0.2, -0.15) is 0 Å². The Morgan fingerprint density at radius 2 is 1.76 bits per heavy atom. The maximum absolute atomic E-state index is 12.2. The summed E-state index contributed by atoms with van der Waals surface area (Å²) in [6.45, 7) is 2.74. The molecule has 1 N–H and O–H groups in total. The maximum atomic E-state index is 12.2. The fourth-order valence-electron chi connectivity index (χ4n) is 2.28. The van der Waals surface area contributed by atoms with Crippen LogP contribution in [-0.2, 0) is 16.6 Å². The SMILES string of the molecule is Cc1ccccc1CN(C)C(=S)Nc1cccc(S(=O)(=O)N(C)C)c1. The molecule has 134 valence electrons. The van der Waals surface area contributed by atoms with Crippen molar-refractivity contribution in [1.82, 2.24) is 9.21 Å². The zero-order valence-corrected chi connectivity index (χ0v) is 16.5. The number of anilines is 1. The zero-order chi connectivity index (χ0) is 18.6. The van der Waals surface area contributed by atoms with Gasteiger partial charge in [0.1, 0.15) is 0 Å². The summed E-state index contributed by atoms with van der Waals surface area (Å²) in [5, 5.41) is 3.64. The average molecular weight is 378 g/mol. The quantitative estimate of drug-likeness (QED) is 0.812. The lowest BCUT2D eigenvalue weighted by Gasteiger charge is -2.22. The Morgan fingerprint density at radius 1 is 1.08 bits per heavy atom. The van der Waals surface area contributed by atoms with Crippen molar-refractivity contribution >= 4 is 33.0 Å². The Morgan fingerprint density at radius 3 is 2.40 bits per heavy atom. The second-order valence-electron chi connectivity index (χ2n) is 6.03. The topological polar surface area (TPSA) is 52.7 Å². The summed E-state index contributed by atoms with van der Waals surface area (Å²) in [6.07, 6.45) is 0. The third-order valence-corrected chi connectivity index (χ3v) is 6.10. The van der Waals surface area contributed by atoms with Gasteiger partial charge in [0.05, 0.1) is 4.90 Å². The van der Waals surface area contributed by atoms with Crippen molar-refractivity contribution in [3.05, 3.63) is 59.7 Å². The van der Waals surface area contributed by atoms with Crippen LogP contribution in [0.3, 0.4) is 0 Å². The van der Waals surface area contributed by atoms with Crippen molar-refractivity contribution in [2.45, 2.75) is 18.4 Å². The summed E-state index contributed by atoms with van der Waals surface area (Å²) >= 11 is 5.44. The Bertz CT molecular complexity index is 864. The van der Waals surface area contributed by atoms with E-state index in [4.69, 9.17) is 12.2 Å². The van der Waals surface area contributed by atoms with Crippen molar-refractivity contribution in [3.63, 3.8) is 0 Å². The standard InChI is InChI=1S/C18H23N3O2S2/c1-14-8-5-6-9-15(14)13-21(4)18(24)19-16-10-7-11-17(12-16)25(22,23)20(2)3/h5-12H,13H2,1-4H3,(H,19,24). The molecule has 2 aromatic rings. The van der Waals surface area contributed by atoms with Crippen LogP contribution in [0.25, 0.3) is 0 Å². The van der Waals surface area contributed by atoms with Crippen LogP contribution in [0.4, 0.5) is 5.69 Å². The van der Waals surface area contributed by atoms with Gasteiger partial charge >= 0.3 is 0 Å². The number of rotatable bonds is 5. The van der Waals surface area contributed by atoms with Gasteiger partial charge in [-0.1, -0.05) is 30.3 Å². The lowest BCUT2D eigenvalue weighted by atomic mass is 10.1. The first-order valence-corrected chi connectivity index (χ1v) is 9.66. The molecule has 0 saturated heterocycles. The van der Waals surface area contributed by atoms with Crippen LogP contribution in [0.1, 0.15) is 11.1 Å². The van der Waals surface area contributed by atoms with Gasteiger partial charge in [-0.25, -0.2) is 12.7 Å². The Hall–Kier alpha value is -1.96. The maximum Gasteiger partial charge on any atom is 0.242 e. The van der Waals surface area contributed by atoms with Crippen LogP contribution < -0.4 is 5.32 Å².